The van der Waals surface area contributed by atoms with E-state index in [2.05, 4.69) is 17.1 Å². The van der Waals surface area contributed by atoms with Crippen LogP contribution in [0.3, 0.4) is 0 Å². The van der Waals surface area contributed by atoms with Crippen molar-refractivity contribution in [2.45, 2.75) is 77.2 Å². The van der Waals surface area contributed by atoms with Crippen molar-refractivity contribution in [1.29, 1.82) is 0 Å². The second kappa shape index (κ2) is 8.82. The third-order valence-electron chi connectivity index (χ3n) is 10.9. The van der Waals surface area contributed by atoms with Gasteiger partial charge in [0, 0.05) is 39.1 Å². The molecule has 0 spiro atoms. The number of nitrogens with zero attached hydrogens (tertiary/aromatic N) is 2. The molecule has 0 radical (unpaired) electrons. The van der Waals surface area contributed by atoms with Gasteiger partial charge in [-0.3, -0.25) is 9.69 Å². The summed E-state index contributed by atoms with van der Waals surface area (Å²) in [6.45, 7) is 8.05. The largest absolute Gasteiger partial charge is 0.390 e. The molecule has 8 atom stereocenters. The fourth-order valence-electron chi connectivity index (χ4n) is 9.21. The molecule has 2 amide bonds. The standard InChI is InChI=1S/C27H45N3O3/c1-26(33)10-8-19-18(16-26)4-5-21-20(19)9-11-27(2)22(21)6-7-23(27)24(31)17-29-12-14-30(15-13-29)25(32)28-3/h18-23,33H,4-17H2,1-3H3,(H,28,32)/t18-,19+,20-,21-,22+,23-,26-,27+/m1/s1. The van der Waals surface area contributed by atoms with E-state index >= 15 is 0 Å². The molecule has 5 fully saturated rings. The maximum Gasteiger partial charge on any atom is 0.317 e. The number of hydrogen-bond donors (Lipinski definition) is 2. The number of carbonyl (C=O) groups excluding carboxylic acids is 2. The van der Waals surface area contributed by atoms with Crippen LogP contribution < -0.4 is 5.32 Å². The third-order valence-corrected chi connectivity index (χ3v) is 10.9. The Morgan fingerprint density at radius 1 is 0.909 bits per heavy atom. The molecular formula is C27H45N3O3. The van der Waals surface area contributed by atoms with Crippen molar-refractivity contribution < 1.29 is 14.7 Å². The van der Waals surface area contributed by atoms with Crippen molar-refractivity contribution in [2.24, 2.45) is 40.9 Å². The van der Waals surface area contributed by atoms with Crippen molar-refractivity contribution in [3.63, 3.8) is 0 Å². The number of piperazine rings is 1. The topological polar surface area (TPSA) is 72.9 Å². The molecule has 5 aliphatic rings. The number of nitrogens with one attached hydrogen (secondary N) is 1. The van der Waals surface area contributed by atoms with E-state index in [9.17, 15) is 14.7 Å². The van der Waals surface area contributed by atoms with Crippen LogP contribution in [-0.2, 0) is 4.79 Å². The van der Waals surface area contributed by atoms with Gasteiger partial charge in [-0.1, -0.05) is 6.92 Å². The van der Waals surface area contributed by atoms with Crippen molar-refractivity contribution in [2.75, 3.05) is 39.8 Å². The number of amides is 2. The molecule has 2 N–H and O–H groups in total. The Morgan fingerprint density at radius 2 is 1.64 bits per heavy atom. The second-order valence-corrected chi connectivity index (χ2v) is 12.6. The summed E-state index contributed by atoms with van der Waals surface area (Å²) in [5, 5.41) is 13.3. The van der Waals surface area contributed by atoms with Crippen LogP contribution in [0.2, 0.25) is 0 Å². The molecule has 1 saturated heterocycles. The molecule has 5 rings (SSSR count). The number of ketones is 1. The van der Waals surface area contributed by atoms with Gasteiger partial charge in [0.15, 0.2) is 0 Å². The van der Waals surface area contributed by atoms with Gasteiger partial charge in [-0.2, -0.15) is 0 Å². The molecule has 186 valence electrons. The Balaban J connectivity index is 1.21. The number of urea groups is 1. The highest BCUT2D eigenvalue weighted by atomic mass is 16.3. The summed E-state index contributed by atoms with van der Waals surface area (Å²) in [4.78, 5) is 29.5. The summed E-state index contributed by atoms with van der Waals surface area (Å²) in [5.41, 5.74) is -0.275. The van der Waals surface area contributed by atoms with Gasteiger partial charge in [0.1, 0.15) is 5.78 Å². The first-order chi connectivity index (χ1) is 15.7. The minimum absolute atomic E-state index is 0.0137. The molecule has 0 unspecified atom stereocenters. The van der Waals surface area contributed by atoms with Crippen LogP contribution in [0, 0.1) is 40.9 Å². The van der Waals surface area contributed by atoms with Gasteiger partial charge in [-0.25, -0.2) is 4.79 Å². The van der Waals surface area contributed by atoms with Crippen LogP contribution in [0.25, 0.3) is 0 Å². The molecule has 6 nitrogen and oxygen atoms in total. The fraction of sp³-hybridized carbons (Fsp3) is 0.926. The lowest BCUT2D eigenvalue weighted by Gasteiger charge is -2.57. The van der Waals surface area contributed by atoms with Gasteiger partial charge >= 0.3 is 6.03 Å². The molecule has 1 heterocycles. The number of Topliss-reactive ketones (excluding diaryl/α,β-unsaturated/α-hetero) is 1. The first kappa shape index (κ1) is 23.6. The van der Waals surface area contributed by atoms with E-state index in [1.807, 2.05) is 11.8 Å². The zero-order valence-electron chi connectivity index (χ0n) is 21.0. The lowest BCUT2D eigenvalue weighted by atomic mass is 9.49. The number of fused-ring (bicyclic) bond motifs is 5. The lowest BCUT2D eigenvalue weighted by molar-refractivity contribution is -0.133. The Kier molecular flexibility index (Phi) is 6.30. The zero-order chi connectivity index (χ0) is 23.4. The molecule has 33 heavy (non-hydrogen) atoms. The minimum Gasteiger partial charge on any atom is -0.390 e. The van der Waals surface area contributed by atoms with Gasteiger partial charge in [-0.05, 0) is 99.7 Å². The normalized spacial score (nSPS) is 45.6. The van der Waals surface area contributed by atoms with E-state index in [0.29, 0.717) is 37.3 Å². The third kappa shape index (κ3) is 4.24. The minimum atomic E-state index is -0.451. The van der Waals surface area contributed by atoms with Crippen LogP contribution in [0.1, 0.15) is 71.6 Å². The predicted octanol–water partition coefficient (Wildman–Crippen LogP) is 3.53. The van der Waals surface area contributed by atoms with Gasteiger partial charge < -0.3 is 15.3 Å². The Hall–Kier alpha value is -1.14. The van der Waals surface area contributed by atoms with Crippen LogP contribution >= 0.6 is 0 Å². The Morgan fingerprint density at radius 3 is 2.36 bits per heavy atom. The molecule has 4 saturated carbocycles. The summed E-state index contributed by atoms with van der Waals surface area (Å²) in [6.07, 6.45) is 10.6. The summed E-state index contributed by atoms with van der Waals surface area (Å²) < 4.78 is 0. The van der Waals surface area contributed by atoms with Gasteiger partial charge in [0.25, 0.3) is 0 Å². The van der Waals surface area contributed by atoms with Crippen LogP contribution in [0.4, 0.5) is 4.79 Å². The fourth-order valence-corrected chi connectivity index (χ4v) is 9.21. The van der Waals surface area contributed by atoms with Crippen molar-refractivity contribution in [1.82, 2.24) is 15.1 Å². The highest BCUT2D eigenvalue weighted by Crippen LogP contribution is 2.64. The number of aliphatic hydroxyl groups is 1. The maximum atomic E-state index is 13.5. The Bertz CT molecular complexity index is 762. The molecule has 4 aliphatic carbocycles. The smallest absolute Gasteiger partial charge is 0.317 e. The van der Waals surface area contributed by atoms with Crippen LogP contribution in [0.15, 0.2) is 0 Å². The number of hydrogen-bond acceptors (Lipinski definition) is 4. The van der Waals surface area contributed by atoms with Crippen LogP contribution in [0.5, 0.6) is 0 Å². The van der Waals surface area contributed by atoms with E-state index in [0.717, 1.165) is 50.1 Å². The second-order valence-electron chi connectivity index (χ2n) is 12.6. The SMILES string of the molecule is CNC(=O)N1CCN(CC(=O)[C@H]2CC[C@H]3[C@@H]4CC[C@@H]5C[C@](C)(O)CC[C@@H]5[C@H]4CC[C@]23C)CC1. The number of carbonyl (C=O) groups is 2. The van der Waals surface area contributed by atoms with Crippen molar-refractivity contribution in [3.8, 4) is 0 Å². The monoisotopic (exact) mass is 459 g/mol. The number of rotatable bonds is 3. The van der Waals surface area contributed by atoms with Crippen LogP contribution in [-0.4, -0.2) is 72.1 Å². The average molecular weight is 460 g/mol. The lowest BCUT2D eigenvalue weighted by Crippen LogP contribution is -2.53. The highest BCUT2D eigenvalue weighted by Gasteiger charge is 2.58. The summed E-state index contributed by atoms with van der Waals surface area (Å²) in [5.74, 6) is 4.51. The highest BCUT2D eigenvalue weighted by molar-refractivity contribution is 5.84. The molecule has 0 aromatic rings. The maximum absolute atomic E-state index is 13.5. The van der Waals surface area contributed by atoms with Gasteiger partial charge in [0.2, 0.25) is 0 Å². The van der Waals surface area contributed by atoms with Gasteiger partial charge in [-0.15, -0.1) is 0 Å². The first-order valence-corrected chi connectivity index (χ1v) is 13.7. The Labute approximate surface area is 199 Å². The quantitative estimate of drug-likeness (QED) is 0.677. The summed E-state index contributed by atoms with van der Waals surface area (Å²) in [6, 6.07) is -0.0137. The van der Waals surface area contributed by atoms with E-state index in [4.69, 9.17) is 0 Å². The summed E-state index contributed by atoms with van der Waals surface area (Å²) >= 11 is 0. The van der Waals surface area contributed by atoms with Crippen molar-refractivity contribution >= 4 is 11.8 Å². The van der Waals surface area contributed by atoms with E-state index in [1.54, 1.807) is 7.05 Å². The first-order valence-electron chi connectivity index (χ1n) is 13.7. The van der Waals surface area contributed by atoms with Crippen molar-refractivity contribution in [3.05, 3.63) is 0 Å². The average Bonchev–Trinajstić information content (AvgIpc) is 3.15. The molecule has 0 bridgehead atoms. The summed E-state index contributed by atoms with van der Waals surface area (Å²) in [7, 11) is 1.68. The van der Waals surface area contributed by atoms with E-state index in [1.165, 1.54) is 38.5 Å². The molecule has 0 aromatic heterocycles. The molecule has 6 heteroatoms. The zero-order valence-corrected chi connectivity index (χ0v) is 21.0. The molecule has 0 aromatic carbocycles. The predicted molar refractivity (Wildman–Crippen MR) is 129 cm³/mol. The molecule has 1 aliphatic heterocycles. The van der Waals surface area contributed by atoms with Gasteiger partial charge in [0.05, 0.1) is 12.1 Å². The molecular weight excluding hydrogens is 414 g/mol. The van der Waals surface area contributed by atoms with E-state index < -0.39 is 5.60 Å². The van der Waals surface area contributed by atoms with E-state index in [-0.39, 0.29) is 17.4 Å².